The number of guanidine groups is 2. The molecule has 2 heterocycles. The first-order valence-electron chi connectivity index (χ1n) is 24.6. The van der Waals surface area contributed by atoms with Crippen molar-refractivity contribution in [2.24, 2.45) is 21.5 Å². The summed E-state index contributed by atoms with van der Waals surface area (Å²) in [7, 11) is -8.40. The number of carboxylic acid groups (broad SMARTS) is 1. The smallest absolute Gasteiger partial charge is 0.407 e. The number of aliphatic imine (C=N–C) groups is 2. The maximum Gasteiger partial charge on any atom is 0.407 e. The van der Waals surface area contributed by atoms with E-state index in [2.05, 4.69) is 30.1 Å². The summed E-state index contributed by atoms with van der Waals surface area (Å²) in [5.41, 5.74) is 20.3. The van der Waals surface area contributed by atoms with Gasteiger partial charge >= 0.3 is 12.1 Å². The summed E-state index contributed by atoms with van der Waals surface area (Å²) in [4.78, 5) is 48.5. The summed E-state index contributed by atoms with van der Waals surface area (Å²) < 4.78 is 77.7. The van der Waals surface area contributed by atoms with E-state index in [0.29, 0.717) is 57.7 Å². The molecule has 0 saturated carbocycles. The molecule has 0 spiro atoms. The highest BCUT2D eigenvalue weighted by Gasteiger charge is 2.39. The predicted octanol–water partition coefficient (Wildman–Crippen LogP) is 5.89. The van der Waals surface area contributed by atoms with E-state index in [0.717, 1.165) is 33.4 Å². The Labute approximate surface area is 433 Å². The van der Waals surface area contributed by atoms with E-state index in [4.69, 9.17) is 25.7 Å². The number of carbonyl (C=O) groups is 3. The van der Waals surface area contributed by atoms with Crippen molar-refractivity contribution in [3.05, 3.63) is 104 Å². The molecular formula is C53H68N8O11S2. The topological polar surface area (TPSA) is 292 Å². The van der Waals surface area contributed by atoms with Gasteiger partial charge in [0.05, 0.1) is 9.79 Å². The summed E-state index contributed by atoms with van der Waals surface area (Å²) >= 11 is 0. The molecule has 0 saturated heterocycles. The molecular weight excluding hydrogens is 989 g/mol. The maximum atomic E-state index is 13.9. The monoisotopic (exact) mass is 1060 g/mol. The van der Waals surface area contributed by atoms with E-state index >= 15 is 0 Å². The van der Waals surface area contributed by atoms with Crippen LogP contribution in [-0.4, -0.2) is 94.8 Å². The van der Waals surface area contributed by atoms with Gasteiger partial charge in [-0.2, -0.15) is 0 Å². The Balaban J connectivity index is 1.01. The van der Waals surface area contributed by atoms with E-state index in [-0.39, 0.29) is 61.1 Å². The van der Waals surface area contributed by atoms with Crippen LogP contribution in [0.1, 0.15) is 115 Å². The summed E-state index contributed by atoms with van der Waals surface area (Å²) in [6, 6.07) is 12.8. The minimum absolute atomic E-state index is 0.0559. The maximum absolute atomic E-state index is 13.9. The molecule has 4 aromatic rings. The standard InChI is InChI=1S/C53H68N8O11S2/c1-28-30(3)45(32(5)38-25-52(7,8)71-43(28)38)73(66,67)60-49(54)56-23-15-21-41(59-51(65)70-27-40-36-19-13-11-17-34(36)35-18-12-14-20-37(35)40)47(62)58-42(48(63)64)22-16-24-57-50(55)61-74(68,69)46-31(4)29(2)44-39(33(46)6)26-53(9,10)72-44/h11-14,17-20,40-42H,15-16,21-27H2,1-10H3,(H,58,62)(H,59,65)(H,63,64)(H3,54,56,60)(H3,55,57,61)/t41-,42-/m0/s1. The van der Waals surface area contributed by atoms with Crippen molar-refractivity contribution in [3.63, 3.8) is 0 Å². The van der Waals surface area contributed by atoms with Crippen LogP contribution in [-0.2, 0) is 47.2 Å². The number of sulfonamides is 2. The zero-order valence-electron chi connectivity index (χ0n) is 43.6. The van der Waals surface area contributed by atoms with Gasteiger partial charge < -0.3 is 41.4 Å². The number of fused-ring (bicyclic) bond motifs is 5. The van der Waals surface area contributed by atoms with E-state index in [1.807, 2.05) is 83.1 Å². The number of nitrogens with one attached hydrogen (secondary N) is 4. The molecule has 4 aromatic carbocycles. The first-order chi connectivity index (χ1) is 34.6. The number of nitrogens with two attached hydrogens (primary N) is 2. The lowest BCUT2D eigenvalue weighted by molar-refractivity contribution is -0.142. The molecule has 0 bridgehead atoms. The Morgan fingerprint density at radius 2 is 1.08 bits per heavy atom. The van der Waals surface area contributed by atoms with Crippen LogP contribution in [0.2, 0.25) is 0 Å². The van der Waals surface area contributed by atoms with Gasteiger partial charge in [0.2, 0.25) is 17.8 Å². The van der Waals surface area contributed by atoms with Gasteiger partial charge in [-0.3, -0.25) is 14.8 Å². The summed E-state index contributed by atoms with van der Waals surface area (Å²) in [5, 5.41) is 15.3. The fraction of sp³-hybridized carbons (Fsp3) is 0.453. The largest absolute Gasteiger partial charge is 0.487 e. The number of aliphatic carboxylic acids is 1. The van der Waals surface area contributed by atoms with Gasteiger partial charge in [0.15, 0.2) is 0 Å². The van der Waals surface area contributed by atoms with E-state index in [9.17, 15) is 36.3 Å². The highest BCUT2D eigenvalue weighted by molar-refractivity contribution is 7.90. The molecule has 2 atom stereocenters. The van der Waals surface area contributed by atoms with Gasteiger partial charge in [-0.1, -0.05) is 48.5 Å². The van der Waals surface area contributed by atoms with Crippen LogP contribution in [0.3, 0.4) is 0 Å². The van der Waals surface area contributed by atoms with Crippen molar-refractivity contribution in [2.45, 2.75) is 147 Å². The molecule has 0 fully saturated rings. The van der Waals surface area contributed by atoms with Gasteiger partial charge in [-0.15, -0.1) is 0 Å². The molecule has 21 heteroatoms. The quantitative estimate of drug-likeness (QED) is 0.0348. The Morgan fingerprint density at radius 3 is 1.51 bits per heavy atom. The first-order valence-corrected chi connectivity index (χ1v) is 27.5. The number of carbonyl (C=O) groups excluding carboxylic acids is 2. The van der Waals surface area contributed by atoms with E-state index in [1.54, 1.807) is 34.6 Å². The number of hydrogen-bond acceptors (Lipinski definition) is 12. The van der Waals surface area contributed by atoms with Gasteiger partial charge in [0.25, 0.3) is 20.0 Å². The Bertz CT molecular complexity index is 3160. The zero-order chi connectivity index (χ0) is 54.2. The summed E-state index contributed by atoms with van der Waals surface area (Å²) in [6.45, 7) is 18.0. The zero-order valence-corrected chi connectivity index (χ0v) is 45.2. The summed E-state index contributed by atoms with van der Waals surface area (Å²) in [6.07, 6.45) is 0.0407. The molecule has 2 amide bonds. The second kappa shape index (κ2) is 21.2. The van der Waals surface area contributed by atoms with Gasteiger partial charge in [-0.25, -0.2) is 35.9 Å². The molecule has 2 aliphatic heterocycles. The van der Waals surface area contributed by atoms with Crippen LogP contribution in [0.25, 0.3) is 11.1 Å². The number of carboxylic acids is 1. The van der Waals surface area contributed by atoms with Crippen LogP contribution < -0.4 is 41.0 Å². The minimum Gasteiger partial charge on any atom is -0.487 e. The Kier molecular flexibility index (Phi) is 15.7. The summed E-state index contributed by atoms with van der Waals surface area (Å²) in [5.74, 6) is -1.93. The van der Waals surface area contributed by atoms with Crippen LogP contribution in [0.15, 0.2) is 68.3 Å². The molecule has 0 unspecified atom stereocenters. The Hall–Kier alpha value is -6.87. The predicted molar refractivity (Wildman–Crippen MR) is 282 cm³/mol. The van der Waals surface area contributed by atoms with Crippen LogP contribution >= 0.6 is 0 Å². The molecule has 0 radical (unpaired) electrons. The number of amides is 2. The third kappa shape index (κ3) is 11.6. The Morgan fingerprint density at radius 1 is 0.662 bits per heavy atom. The third-order valence-electron chi connectivity index (χ3n) is 14.0. The molecule has 0 aromatic heterocycles. The minimum atomic E-state index is -4.21. The number of nitrogens with zero attached hydrogens (tertiary/aromatic N) is 2. The lowest BCUT2D eigenvalue weighted by atomic mass is 9.94. The molecule has 7 rings (SSSR count). The van der Waals surface area contributed by atoms with Crippen LogP contribution in [0.4, 0.5) is 4.79 Å². The average Bonchev–Trinajstić information content (AvgIpc) is 3.95. The van der Waals surface area contributed by atoms with Crippen molar-refractivity contribution < 1.29 is 50.5 Å². The van der Waals surface area contributed by atoms with Crippen molar-refractivity contribution >= 4 is 49.9 Å². The van der Waals surface area contributed by atoms with Gasteiger partial charge in [-0.05, 0) is 151 Å². The van der Waals surface area contributed by atoms with Crippen LogP contribution in [0.5, 0.6) is 11.5 Å². The average molecular weight is 1060 g/mol. The second-order valence-electron chi connectivity index (χ2n) is 20.6. The number of rotatable bonds is 18. The second-order valence-corrected chi connectivity index (χ2v) is 23.8. The van der Waals surface area contributed by atoms with E-state index in [1.165, 1.54) is 0 Å². The van der Waals surface area contributed by atoms with Gasteiger partial charge in [0, 0.05) is 43.0 Å². The van der Waals surface area contributed by atoms with Crippen molar-refractivity contribution in [1.29, 1.82) is 0 Å². The third-order valence-corrected chi connectivity index (χ3v) is 17.3. The normalized spacial score (nSPS) is 16.4. The van der Waals surface area contributed by atoms with E-state index < -0.39 is 73.2 Å². The lowest BCUT2D eigenvalue weighted by Crippen LogP contribution is -2.51. The first kappa shape index (κ1) is 54.9. The van der Waals surface area contributed by atoms with Crippen molar-refractivity contribution in [2.75, 3.05) is 19.7 Å². The van der Waals surface area contributed by atoms with Crippen molar-refractivity contribution in [3.8, 4) is 22.6 Å². The molecule has 9 N–H and O–H groups in total. The number of hydrogen-bond donors (Lipinski definition) is 7. The van der Waals surface area contributed by atoms with Gasteiger partial charge in [0.1, 0.15) is 41.4 Å². The van der Waals surface area contributed by atoms with Crippen molar-refractivity contribution in [1.82, 2.24) is 20.1 Å². The molecule has 1 aliphatic carbocycles. The molecule has 74 heavy (non-hydrogen) atoms. The number of ether oxygens (including phenoxy) is 3. The fourth-order valence-electron chi connectivity index (χ4n) is 10.3. The highest BCUT2D eigenvalue weighted by Crippen LogP contribution is 2.46. The van der Waals surface area contributed by atoms with Crippen LogP contribution in [0, 0.1) is 41.5 Å². The highest BCUT2D eigenvalue weighted by atomic mass is 32.2. The fourth-order valence-corrected chi connectivity index (χ4v) is 13.4. The molecule has 3 aliphatic rings. The molecule has 19 nitrogen and oxygen atoms in total. The number of alkyl carbamates (subject to hydrolysis) is 1. The number of benzene rings is 4. The SMILES string of the molecule is Cc1c(C)c(S(=O)(=O)NC(N)=NCCC[C@H](NC(=O)[C@H](CCCN=C(N)NS(=O)(=O)c2c(C)c(C)c3c(c2C)CC(C)(C)O3)NC(=O)OCC2c3ccccc3-c3ccccc32)C(=O)O)c(C)c2c1OC(C)(C)C2. The molecule has 398 valence electrons. The lowest BCUT2D eigenvalue weighted by Gasteiger charge is -2.22.